The van der Waals surface area contributed by atoms with E-state index in [1.807, 2.05) is 23.5 Å². The molecular formula is C11H18O2S2. The van der Waals surface area contributed by atoms with Crippen LogP contribution in [0.4, 0.5) is 0 Å². The number of hydrogen-bond donors (Lipinski definition) is 0. The summed E-state index contributed by atoms with van der Waals surface area (Å²) < 4.78 is 11.7. The molecular weight excluding hydrogens is 228 g/mol. The third kappa shape index (κ3) is 3.55. The largest absolute Gasteiger partial charge is 0.377 e. The summed E-state index contributed by atoms with van der Waals surface area (Å²) in [5.74, 6) is 2.62. The highest BCUT2D eigenvalue weighted by Gasteiger charge is 2.31. The van der Waals surface area contributed by atoms with Crippen LogP contribution in [0.5, 0.6) is 0 Å². The maximum atomic E-state index is 5.87. The van der Waals surface area contributed by atoms with E-state index in [2.05, 4.69) is 0 Å². The molecule has 3 rings (SSSR count). The molecule has 0 radical (unpaired) electrons. The van der Waals surface area contributed by atoms with E-state index in [-0.39, 0.29) is 0 Å². The molecule has 0 aromatic carbocycles. The Hall–Kier alpha value is 0.620. The molecule has 2 saturated heterocycles. The topological polar surface area (TPSA) is 18.5 Å². The summed E-state index contributed by atoms with van der Waals surface area (Å²) in [6.45, 7) is 1.95. The molecule has 0 aromatic rings. The zero-order chi connectivity index (χ0) is 10.1. The molecule has 0 spiro atoms. The molecule has 4 heteroatoms. The van der Waals surface area contributed by atoms with Crippen LogP contribution in [0.25, 0.3) is 0 Å². The summed E-state index contributed by atoms with van der Waals surface area (Å²) >= 11 is 4.03. The van der Waals surface area contributed by atoms with Gasteiger partial charge in [-0.1, -0.05) is 0 Å². The summed E-state index contributed by atoms with van der Waals surface area (Å²) in [6, 6.07) is 0. The zero-order valence-electron chi connectivity index (χ0n) is 8.89. The van der Waals surface area contributed by atoms with Crippen LogP contribution < -0.4 is 0 Å². The lowest BCUT2D eigenvalue weighted by molar-refractivity contribution is 0.0276. The minimum absolute atomic E-state index is 0.489. The van der Waals surface area contributed by atoms with Gasteiger partial charge in [0.2, 0.25) is 0 Å². The van der Waals surface area contributed by atoms with Crippen molar-refractivity contribution in [1.29, 1.82) is 0 Å². The normalized spacial score (nSPS) is 43.2. The van der Waals surface area contributed by atoms with Crippen molar-refractivity contribution in [2.24, 2.45) is 0 Å². The fraction of sp³-hybridized carbons (Fsp3) is 1.00. The van der Waals surface area contributed by atoms with Crippen molar-refractivity contribution in [2.75, 3.05) is 24.7 Å². The summed E-state index contributed by atoms with van der Waals surface area (Å²) in [5, 5.41) is 1.63. The lowest BCUT2D eigenvalue weighted by Crippen LogP contribution is -2.16. The molecule has 15 heavy (non-hydrogen) atoms. The van der Waals surface area contributed by atoms with E-state index in [1.54, 1.807) is 0 Å². The molecule has 3 fully saturated rings. The Morgan fingerprint density at radius 1 is 0.867 bits per heavy atom. The Labute approximate surface area is 99.8 Å². The molecule has 2 nitrogen and oxygen atoms in total. The Kier molecular flexibility index (Phi) is 3.49. The average Bonchev–Trinajstić information content (AvgIpc) is 3.14. The van der Waals surface area contributed by atoms with Gasteiger partial charge in [-0.3, -0.25) is 0 Å². The molecule has 1 aliphatic carbocycles. The molecule has 0 bridgehead atoms. The lowest BCUT2D eigenvalue weighted by Gasteiger charge is -2.12. The van der Waals surface area contributed by atoms with Crippen LogP contribution in [0.15, 0.2) is 0 Å². The quantitative estimate of drug-likeness (QED) is 0.668. The Balaban J connectivity index is 1.30. The number of thioether (sulfide) groups is 2. The van der Waals surface area contributed by atoms with Crippen LogP contribution in [0.2, 0.25) is 0 Å². The number of hydrogen-bond acceptors (Lipinski definition) is 4. The van der Waals surface area contributed by atoms with Gasteiger partial charge in [0.05, 0.1) is 25.4 Å². The highest BCUT2D eigenvalue weighted by molar-refractivity contribution is 8.07. The summed E-state index contributed by atoms with van der Waals surface area (Å²) in [6.07, 6.45) is 4.53. The summed E-state index contributed by atoms with van der Waals surface area (Å²) in [5.41, 5.74) is 0. The van der Waals surface area contributed by atoms with E-state index < -0.39 is 0 Å². The molecule has 4 atom stereocenters. The first-order chi connectivity index (χ1) is 7.40. The molecule has 4 unspecified atom stereocenters. The molecule has 86 valence electrons. The molecule has 2 aliphatic heterocycles. The van der Waals surface area contributed by atoms with Crippen molar-refractivity contribution in [3.8, 4) is 0 Å². The summed E-state index contributed by atoms with van der Waals surface area (Å²) in [7, 11) is 0. The zero-order valence-corrected chi connectivity index (χ0v) is 10.5. The van der Waals surface area contributed by atoms with Gasteiger partial charge in [-0.2, -0.15) is 23.5 Å². The van der Waals surface area contributed by atoms with Crippen LogP contribution in [0.1, 0.15) is 19.3 Å². The van der Waals surface area contributed by atoms with Gasteiger partial charge >= 0.3 is 0 Å². The monoisotopic (exact) mass is 246 g/mol. The fourth-order valence-electron chi connectivity index (χ4n) is 2.02. The molecule has 0 amide bonds. The maximum absolute atomic E-state index is 5.87. The van der Waals surface area contributed by atoms with Gasteiger partial charge in [0.1, 0.15) is 0 Å². The molecule has 2 heterocycles. The second-order valence-corrected chi connectivity index (χ2v) is 7.30. The van der Waals surface area contributed by atoms with Crippen molar-refractivity contribution >= 4 is 23.5 Å². The second kappa shape index (κ2) is 4.86. The van der Waals surface area contributed by atoms with Crippen LogP contribution in [-0.4, -0.2) is 47.4 Å². The standard InChI is InChI=1S/C11H18O2S2/c1-2-9(13-5-11-7-15-11)3-8(1)12-4-10-6-14-10/h8-11H,1-7H2. The van der Waals surface area contributed by atoms with Gasteiger partial charge in [-0.05, 0) is 19.3 Å². The summed E-state index contributed by atoms with van der Waals surface area (Å²) in [4.78, 5) is 0. The molecule has 0 aromatic heterocycles. The van der Waals surface area contributed by atoms with Gasteiger partial charge < -0.3 is 9.47 Å². The Morgan fingerprint density at radius 2 is 1.33 bits per heavy atom. The fourth-order valence-corrected chi connectivity index (χ4v) is 2.83. The van der Waals surface area contributed by atoms with E-state index in [1.165, 1.54) is 24.3 Å². The van der Waals surface area contributed by atoms with Crippen LogP contribution in [0.3, 0.4) is 0 Å². The maximum Gasteiger partial charge on any atom is 0.0601 e. The van der Waals surface area contributed by atoms with Gasteiger partial charge in [-0.25, -0.2) is 0 Å². The van der Waals surface area contributed by atoms with Crippen LogP contribution >= 0.6 is 23.5 Å². The average molecular weight is 246 g/mol. The van der Waals surface area contributed by atoms with E-state index in [4.69, 9.17) is 9.47 Å². The first kappa shape index (κ1) is 10.8. The first-order valence-electron chi connectivity index (χ1n) is 5.86. The predicted octanol–water partition coefficient (Wildman–Crippen LogP) is 2.17. The number of rotatable bonds is 6. The van der Waals surface area contributed by atoms with Crippen molar-refractivity contribution in [1.82, 2.24) is 0 Å². The molecule has 1 saturated carbocycles. The Bertz CT molecular complexity index is 195. The minimum Gasteiger partial charge on any atom is -0.377 e. The highest BCUT2D eigenvalue weighted by Crippen LogP contribution is 2.34. The van der Waals surface area contributed by atoms with Gasteiger partial charge in [0.15, 0.2) is 0 Å². The van der Waals surface area contributed by atoms with E-state index >= 15 is 0 Å². The predicted molar refractivity (Wildman–Crippen MR) is 65.8 cm³/mol. The van der Waals surface area contributed by atoms with Gasteiger partial charge in [-0.15, -0.1) is 0 Å². The highest BCUT2D eigenvalue weighted by atomic mass is 32.2. The van der Waals surface area contributed by atoms with Crippen molar-refractivity contribution in [3.63, 3.8) is 0 Å². The lowest BCUT2D eigenvalue weighted by atomic mass is 10.3. The molecule has 3 aliphatic rings. The van der Waals surface area contributed by atoms with E-state index in [9.17, 15) is 0 Å². The minimum atomic E-state index is 0.489. The van der Waals surface area contributed by atoms with Crippen molar-refractivity contribution in [3.05, 3.63) is 0 Å². The third-order valence-corrected chi connectivity index (χ3v) is 5.06. The van der Waals surface area contributed by atoms with Gasteiger partial charge in [0.25, 0.3) is 0 Å². The van der Waals surface area contributed by atoms with Crippen molar-refractivity contribution < 1.29 is 9.47 Å². The molecule has 0 N–H and O–H groups in total. The Morgan fingerprint density at radius 3 is 1.73 bits per heavy atom. The van der Waals surface area contributed by atoms with Crippen LogP contribution in [-0.2, 0) is 9.47 Å². The SMILES string of the molecule is C1CC(OCC2CS2)CC1OCC1CS1. The van der Waals surface area contributed by atoms with Crippen LogP contribution in [0, 0.1) is 0 Å². The number of ether oxygens (including phenoxy) is 2. The third-order valence-electron chi connectivity index (χ3n) is 3.18. The second-order valence-electron chi connectivity index (χ2n) is 4.63. The van der Waals surface area contributed by atoms with E-state index in [0.29, 0.717) is 12.2 Å². The van der Waals surface area contributed by atoms with E-state index in [0.717, 1.165) is 30.1 Å². The van der Waals surface area contributed by atoms with Gasteiger partial charge in [0, 0.05) is 22.0 Å². The smallest absolute Gasteiger partial charge is 0.0601 e. The first-order valence-corrected chi connectivity index (χ1v) is 7.96. The van der Waals surface area contributed by atoms with Crippen molar-refractivity contribution in [2.45, 2.75) is 42.0 Å².